The molecule has 2 aromatic carbocycles. The van der Waals surface area contributed by atoms with Crippen LogP contribution in [0, 0.1) is 13.8 Å². The van der Waals surface area contributed by atoms with Crippen LogP contribution in [0.4, 0.5) is 0 Å². The Kier molecular flexibility index (Phi) is 7.00. The molecule has 168 valence electrons. The summed E-state index contributed by atoms with van der Waals surface area (Å²) in [5.74, 6) is -0.191. The third-order valence-electron chi connectivity index (χ3n) is 5.26. The summed E-state index contributed by atoms with van der Waals surface area (Å²) in [6.45, 7) is 5.61. The number of nitrogens with one attached hydrogen (secondary N) is 1. The molecule has 0 fully saturated rings. The van der Waals surface area contributed by atoms with Gasteiger partial charge in [-0.1, -0.05) is 65.7 Å². The van der Waals surface area contributed by atoms with Crippen LogP contribution < -0.4 is 5.32 Å². The first kappa shape index (κ1) is 22.5. The highest BCUT2D eigenvalue weighted by Crippen LogP contribution is 2.22. The molecule has 1 amide bonds. The van der Waals surface area contributed by atoms with Gasteiger partial charge in [-0.2, -0.15) is 10.2 Å². The molecule has 0 radical (unpaired) electrons. The molecule has 2 heterocycles. The van der Waals surface area contributed by atoms with Crippen molar-refractivity contribution in [1.29, 1.82) is 0 Å². The Labute approximate surface area is 197 Å². The average molecular weight is 461 g/mol. The Morgan fingerprint density at radius 2 is 1.67 bits per heavy atom. The van der Waals surface area contributed by atoms with Crippen LogP contribution in [0.2, 0.25) is 5.15 Å². The lowest BCUT2D eigenvalue weighted by Crippen LogP contribution is -2.20. The summed E-state index contributed by atoms with van der Waals surface area (Å²) in [6.07, 6.45) is 6.40. The van der Waals surface area contributed by atoms with Crippen LogP contribution in [0.1, 0.15) is 33.5 Å². The van der Waals surface area contributed by atoms with Crippen molar-refractivity contribution in [2.75, 3.05) is 0 Å². The van der Waals surface area contributed by atoms with E-state index in [1.165, 1.54) is 18.0 Å². The van der Waals surface area contributed by atoms with E-state index in [2.05, 4.69) is 51.7 Å². The fourth-order valence-corrected chi connectivity index (χ4v) is 3.70. The summed E-state index contributed by atoms with van der Waals surface area (Å²) in [7, 11) is 0. The number of hydrogen-bond acceptors (Lipinski definition) is 4. The fraction of sp³-hybridized carbons (Fsp3) is 0.200. The molecule has 4 rings (SSSR count). The molecule has 0 aliphatic carbocycles. The van der Waals surface area contributed by atoms with Crippen LogP contribution in [0.25, 0.3) is 6.08 Å². The van der Waals surface area contributed by atoms with Crippen molar-refractivity contribution in [2.24, 2.45) is 0 Å². The van der Waals surface area contributed by atoms with Gasteiger partial charge in [-0.05, 0) is 36.6 Å². The number of amides is 1. The molecule has 0 saturated heterocycles. The quantitative estimate of drug-likeness (QED) is 0.400. The second-order valence-electron chi connectivity index (χ2n) is 7.89. The smallest absolute Gasteiger partial charge is 0.244 e. The van der Waals surface area contributed by atoms with Gasteiger partial charge in [-0.3, -0.25) is 4.79 Å². The highest BCUT2D eigenvalue weighted by molar-refractivity contribution is 6.31. The molecule has 8 heteroatoms. The maximum atomic E-state index is 12.3. The normalized spacial score (nSPS) is 11.2. The number of carbonyl (C=O) groups excluding carboxylic acids is 1. The molecule has 7 nitrogen and oxygen atoms in total. The van der Waals surface area contributed by atoms with Gasteiger partial charge < -0.3 is 5.32 Å². The van der Waals surface area contributed by atoms with Gasteiger partial charge in [-0.25, -0.2) is 14.3 Å². The zero-order valence-corrected chi connectivity index (χ0v) is 19.3. The Morgan fingerprint density at radius 1 is 1.00 bits per heavy atom. The third-order valence-corrected chi connectivity index (χ3v) is 5.66. The maximum Gasteiger partial charge on any atom is 0.244 e. The van der Waals surface area contributed by atoms with Gasteiger partial charge in [0.15, 0.2) is 0 Å². The number of nitrogens with zero attached hydrogens (tertiary/aromatic N) is 5. The Bertz CT molecular complexity index is 1240. The predicted molar refractivity (Wildman–Crippen MR) is 129 cm³/mol. The van der Waals surface area contributed by atoms with Crippen LogP contribution in [-0.2, 0) is 24.4 Å². The first-order valence-electron chi connectivity index (χ1n) is 10.6. The van der Waals surface area contributed by atoms with Gasteiger partial charge in [0.25, 0.3) is 0 Å². The number of benzene rings is 2. The van der Waals surface area contributed by atoms with Gasteiger partial charge in [-0.15, -0.1) is 0 Å². The zero-order valence-electron chi connectivity index (χ0n) is 18.6. The van der Waals surface area contributed by atoms with Crippen molar-refractivity contribution < 1.29 is 4.79 Å². The number of carbonyl (C=O) groups is 1. The zero-order chi connectivity index (χ0) is 23.2. The van der Waals surface area contributed by atoms with E-state index >= 15 is 0 Å². The number of aryl methyl sites for hydroxylation is 2. The Hall–Kier alpha value is -3.71. The van der Waals surface area contributed by atoms with Gasteiger partial charge in [0.05, 0.1) is 18.8 Å². The Balaban J connectivity index is 1.33. The molecule has 0 atom stereocenters. The van der Waals surface area contributed by atoms with Crippen molar-refractivity contribution >= 4 is 23.6 Å². The summed E-state index contributed by atoms with van der Waals surface area (Å²) in [5.41, 5.74) is 5.97. The molecular weight excluding hydrogens is 436 g/mol. The summed E-state index contributed by atoms with van der Waals surface area (Å²) in [6, 6.07) is 16.3. The largest absolute Gasteiger partial charge is 0.348 e. The first-order valence-corrected chi connectivity index (χ1v) is 11.0. The highest BCUT2D eigenvalue weighted by Gasteiger charge is 2.12. The van der Waals surface area contributed by atoms with E-state index in [-0.39, 0.29) is 5.91 Å². The van der Waals surface area contributed by atoms with E-state index in [4.69, 9.17) is 11.6 Å². The van der Waals surface area contributed by atoms with E-state index < -0.39 is 0 Å². The van der Waals surface area contributed by atoms with E-state index in [1.807, 2.05) is 31.2 Å². The van der Waals surface area contributed by atoms with Gasteiger partial charge in [0.2, 0.25) is 5.91 Å². The third kappa shape index (κ3) is 5.96. The lowest BCUT2D eigenvalue weighted by atomic mass is 10.1. The lowest BCUT2D eigenvalue weighted by Gasteiger charge is -2.05. The van der Waals surface area contributed by atoms with E-state index in [0.29, 0.717) is 24.8 Å². The fourth-order valence-electron chi connectivity index (χ4n) is 3.40. The SMILES string of the molecule is Cc1ccc(Cn2nc(C)c(/C=C/C(=O)NCc3ccc(Cn4cncn4)cc3)c2Cl)cc1. The van der Waals surface area contributed by atoms with Gasteiger partial charge in [0, 0.05) is 18.2 Å². The molecule has 0 spiro atoms. The van der Waals surface area contributed by atoms with Gasteiger partial charge >= 0.3 is 0 Å². The summed E-state index contributed by atoms with van der Waals surface area (Å²) in [4.78, 5) is 16.3. The van der Waals surface area contributed by atoms with Crippen molar-refractivity contribution in [3.05, 3.63) is 106 Å². The highest BCUT2D eigenvalue weighted by atomic mass is 35.5. The number of aromatic nitrogens is 5. The molecule has 0 aliphatic rings. The maximum absolute atomic E-state index is 12.3. The molecule has 0 aliphatic heterocycles. The van der Waals surface area contributed by atoms with Crippen molar-refractivity contribution in [1.82, 2.24) is 29.9 Å². The first-order chi connectivity index (χ1) is 16.0. The van der Waals surface area contributed by atoms with Crippen LogP contribution >= 0.6 is 11.6 Å². The minimum absolute atomic E-state index is 0.191. The summed E-state index contributed by atoms with van der Waals surface area (Å²) >= 11 is 6.54. The minimum atomic E-state index is -0.191. The van der Waals surface area contributed by atoms with Crippen molar-refractivity contribution in [2.45, 2.75) is 33.5 Å². The summed E-state index contributed by atoms with van der Waals surface area (Å²) in [5, 5.41) is 12.0. The molecular formula is C25H25ClN6O. The molecule has 2 aromatic heterocycles. The summed E-state index contributed by atoms with van der Waals surface area (Å²) < 4.78 is 3.51. The molecule has 0 bridgehead atoms. The second-order valence-corrected chi connectivity index (χ2v) is 8.25. The van der Waals surface area contributed by atoms with Crippen LogP contribution in [0.5, 0.6) is 0 Å². The Morgan fingerprint density at radius 3 is 2.36 bits per heavy atom. The molecule has 0 saturated carbocycles. The lowest BCUT2D eigenvalue weighted by molar-refractivity contribution is -0.116. The van der Waals surface area contributed by atoms with Crippen molar-refractivity contribution in [3.8, 4) is 0 Å². The monoisotopic (exact) mass is 460 g/mol. The minimum Gasteiger partial charge on any atom is -0.348 e. The molecule has 0 unspecified atom stereocenters. The topological polar surface area (TPSA) is 77.6 Å². The van der Waals surface area contributed by atoms with Crippen LogP contribution in [0.3, 0.4) is 0 Å². The van der Waals surface area contributed by atoms with Crippen LogP contribution in [0.15, 0.2) is 67.3 Å². The standard InChI is InChI=1S/C25H25ClN6O/c1-18-3-5-22(6-4-18)15-32-25(26)23(19(2)30-32)11-12-24(33)28-13-20-7-9-21(10-8-20)14-31-17-27-16-29-31/h3-12,16-17H,13-15H2,1-2H3,(H,28,33)/b12-11+. The van der Waals surface area contributed by atoms with E-state index in [9.17, 15) is 4.79 Å². The van der Waals surface area contributed by atoms with Crippen molar-refractivity contribution in [3.63, 3.8) is 0 Å². The van der Waals surface area contributed by atoms with E-state index in [0.717, 1.165) is 27.9 Å². The molecule has 1 N–H and O–H groups in total. The number of rotatable bonds is 8. The molecule has 4 aromatic rings. The number of halogens is 1. The average Bonchev–Trinajstić information content (AvgIpc) is 3.41. The van der Waals surface area contributed by atoms with E-state index in [1.54, 1.807) is 21.8 Å². The second kappa shape index (κ2) is 10.3. The van der Waals surface area contributed by atoms with Gasteiger partial charge in [0.1, 0.15) is 17.8 Å². The predicted octanol–water partition coefficient (Wildman–Crippen LogP) is 4.17. The number of hydrogen-bond donors (Lipinski definition) is 1. The van der Waals surface area contributed by atoms with Crippen LogP contribution in [-0.4, -0.2) is 30.5 Å². The molecule has 33 heavy (non-hydrogen) atoms.